The van der Waals surface area contributed by atoms with Crippen molar-refractivity contribution in [2.45, 2.75) is 0 Å². The molecule has 3 heteroatoms. The Morgan fingerprint density at radius 3 is 2.71 bits per heavy atom. The summed E-state index contributed by atoms with van der Waals surface area (Å²) in [6.45, 7) is 0.871. The van der Waals surface area contributed by atoms with Gasteiger partial charge in [0.1, 0.15) is 0 Å². The minimum Gasteiger partial charge on any atom is -0.329 e. The lowest BCUT2D eigenvalue weighted by Gasteiger charge is -2.14. The largest absolute Gasteiger partial charge is 0.329 e. The Labute approximate surface area is 105 Å². The molecule has 2 aromatic carbocycles. The first-order valence-corrected chi connectivity index (χ1v) is 6.86. The lowest BCUT2D eigenvalue weighted by atomic mass is 10.1. The number of rotatable bonds is 1. The average Bonchev–Trinajstić information content (AvgIpc) is 2.91. The number of carbonyl (C=O) groups excluding carboxylic acids is 1. The highest BCUT2D eigenvalue weighted by atomic mass is 32.2. The third-order valence-electron chi connectivity index (χ3n) is 3.04. The molecule has 0 unspecified atom stereocenters. The Morgan fingerprint density at radius 1 is 1.12 bits per heavy atom. The summed E-state index contributed by atoms with van der Waals surface area (Å²) in [5.41, 5.74) is 0.797. The van der Waals surface area contributed by atoms with E-state index in [2.05, 4.69) is 6.07 Å². The molecule has 1 aliphatic heterocycles. The summed E-state index contributed by atoms with van der Waals surface area (Å²) in [4.78, 5) is 14.1. The predicted octanol–water partition coefficient (Wildman–Crippen LogP) is 2.99. The maximum atomic E-state index is 12.2. The highest BCUT2D eigenvalue weighted by Gasteiger charge is 2.19. The zero-order valence-electron chi connectivity index (χ0n) is 9.43. The van der Waals surface area contributed by atoms with Crippen molar-refractivity contribution in [1.82, 2.24) is 4.90 Å². The first-order chi connectivity index (χ1) is 8.34. The van der Waals surface area contributed by atoms with Gasteiger partial charge in [0.15, 0.2) is 0 Å². The number of nitrogens with zero attached hydrogens (tertiary/aromatic N) is 1. The zero-order chi connectivity index (χ0) is 11.7. The SMILES string of the molecule is O=C(c1ccc2ccccc2c1)N1CCSC1. The number of carbonyl (C=O) groups is 1. The van der Waals surface area contributed by atoms with E-state index >= 15 is 0 Å². The summed E-state index contributed by atoms with van der Waals surface area (Å²) >= 11 is 1.81. The van der Waals surface area contributed by atoms with Crippen LogP contribution in [0.4, 0.5) is 0 Å². The van der Waals surface area contributed by atoms with Gasteiger partial charge in [-0.25, -0.2) is 0 Å². The molecule has 17 heavy (non-hydrogen) atoms. The topological polar surface area (TPSA) is 20.3 Å². The molecule has 0 aromatic heterocycles. The number of hydrogen-bond acceptors (Lipinski definition) is 2. The van der Waals surface area contributed by atoms with Gasteiger partial charge < -0.3 is 4.90 Å². The van der Waals surface area contributed by atoms with Crippen molar-refractivity contribution in [2.75, 3.05) is 18.2 Å². The van der Waals surface area contributed by atoms with Gasteiger partial charge in [0, 0.05) is 17.9 Å². The Morgan fingerprint density at radius 2 is 1.94 bits per heavy atom. The fraction of sp³-hybridized carbons (Fsp3) is 0.214. The van der Waals surface area contributed by atoms with Crippen molar-refractivity contribution in [1.29, 1.82) is 0 Å². The standard InChI is InChI=1S/C14H13NOS/c16-14(15-7-8-17-10-15)13-6-5-11-3-1-2-4-12(11)9-13/h1-6,9H,7-8,10H2. The summed E-state index contributed by atoms with van der Waals surface area (Å²) in [5.74, 6) is 2.03. The van der Waals surface area contributed by atoms with Crippen LogP contribution < -0.4 is 0 Å². The van der Waals surface area contributed by atoms with E-state index in [9.17, 15) is 4.79 Å². The quantitative estimate of drug-likeness (QED) is 0.767. The Balaban J connectivity index is 1.97. The minimum atomic E-state index is 0.153. The summed E-state index contributed by atoms with van der Waals surface area (Å²) in [6.07, 6.45) is 0. The normalized spacial score (nSPS) is 15.4. The van der Waals surface area contributed by atoms with Gasteiger partial charge in [-0.05, 0) is 22.9 Å². The fourth-order valence-corrected chi connectivity index (χ4v) is 3.02. The van der Waals surface area contributed by atoms with Crippen molar-refractivity contribution in [2.24, 2.45) is 0 Å². The van der Waals surface area contributed by atoms with Gasteiger partial charge in [0.05, 0.1) is 5.88 Å². The molecule has 0 radical (unpaired) electrons. The molecule has 3 rings (SSSR count). The van der Waals surface area contributed by atoms with Gasteiger partial charge >= 0.3 is 0 Å². The molecule has 0 atom stereocenters. The van der Waals surface area contributed by atoms with Crippen LogP contribution in [0.3, 0.4) is 0 Å². The monoisotopic (exact) mass is 243 g/mol. The van der Waals surface area contributed by atoms with Crippen LogP contribution in [0.1, 0.15) is 10.4 Å². The van der Waals surface area contributed by atoms with Crippen molar-refractivity contribution in [3.05, 3.63) is 48.0 Å². The molecule has 1 heterocycles. The highest BCUT2D eigenvalue weighted by molar-refractivity contribution is 7.99. The van der Waals surface area contributed by atoms with E-state index < -0.39 is 0 Å². The molecule has 0 saturated carbocycles. The summed E-state index contributed by atoms with van der Waals surface area (Å²) in [5, 5.41) is 2.31. The van der Waals surface area contributed by atoms with E-state index in [0.29, 0.717) is 0 Å². The van der Waals surface area contributed by atoms with Crippen LogP contribution in [-0.2, 0) is 0 Å². The Kier molecular flexibility index (Phi) is 2.77. The van der Waals surface area contributed by atoms with E-state index in [1.54, 1.807) is 0 Å². The maximum Gasteiger partial charge on any atom is 0.254 e. The van der Waals surface area contributed by atoms with E-state index in [-0.39, 0.29) is 5.91 Å². The lowest BCUT2D eigenvalue weighted by molar-refractivity contribution is 0.0803. The average molecular weight is 243 g/mol. The smallest absolute Gasteiger partial charge is 0.254 e. The third kappa shape index (κ3) is 2.03. The molecule has 1 aliphatic rings. The molecule has 86 valence electrons. The molecule has 2 nitrogen and oxygen atoms in total. The first kappa shape index (κ1) is 10.7. The molecule has 1 saturated heterocycles. The highest BCUT2D eigenvalue weighted by Crippen LogP contribution is 2.20. The number of hydrogen-bond donors (Lipinski definition) is 0. The van der Waals surface area contributed by atoms with Gasteiger partial charge in [-0.2, -0.15) is 0 Å². The van der Waals surface area contributed by atoms with Crippen LogP contribution in [0.15, 0.2) is 42.5 Å². The second-order valence-corrected chi connectivity index (χ2v) is 5.24. The Bertz CT molecular complexity index is 561. The van der Waals surface area contributed by atoms with Gasteiger partial charge in [-0.15, -0.1) is 11.8 Å². The molecule has 0 aliphatic carbocycles. The second kappa shape index (κ2) is 4.41. The molecule has 2 aromatic rings. The van der Waals surface area contributed by atoms with Crippen molar-refractivity contribution in [3.63, 3.8) is 0 Å². The molecule has 1 amide bonds. The molecular formula is C14H13NOS. The van der Waals surface area contributed by atoms with Crippen LogP contribution in [0.5, 0.6) is 0 Å². The number of fused-ring (bicyclic) bond motifs is 1. The van der Waals surface area contributed by atoms with E-state index in [0.717, 1.165) is 29.1 Å². The lowest BCUT2D eigenvalue weighted by Crippen LogP contribution is -2.27. The van der Waals surface area contributed by atoms with E-state index in [4.69, 9.17) is 0 Å². The van der Waals surface area contributed by atoms with Crippen LogP contribution in [-0.4, -0.2) is 29.0 Å². The van der Waals surface area contributed by atoms with Crippen LogP contribution in [0, 0.1) is 0 Å². The van der Waals surface area contributed by atoms with E-state index in [1.165, 1.54) is 5.39 Å². The molecule has 0 spiro atoms. The maximum absolute atomic E-state index is 12.2. The molecule has 1 fully saturated rings. The Hall–Kier alpha value is -1.48. The third-order valence-corrected chi connectivity index (χ3v) is 4.00. The van der Waals surface area contributed by atoms with Gasteiger partial charge in [-0.1, -0.05) is 30.3 Å². The van der Waals surface area contributed by atoms with Crippen LogP contribution in [0.2, 0.25) is 0 Å². The molecule has 0 bridgehead atoms. The summed E-state index contributed by atoms with van der Waals surface area (Å²) in [6, 6.07) is 14.1. The van der Waals surface area contributed by atoms with E-state index in [1.807, 2.05) is 53.1 Å². The van der Waals surface area contributed by atoms with Crippen LogP contribution >= 0.6 is 11.8 Å². The van der Waals surface area contributed by atoms with Crippen molar-refractivity contribution in [3.8, 4) is 0 Å². The predicted molar refractivity (Wildman–Crippen MR) is 72.3 cm³/mol. The minimum absolute atomic E-state index is 0.153. The zero-order valence-corrected chi connectivity index (χ0v) is 10.2. The van der Waals surface area contributed by atoms with Gasteiger partial charge in [-0.3, -0.25) is 4.79 Å². The van der Waals surface area contributed by atoms with Crippen LogP contribution in [0.25, 0.3) is 10.8 Å². The second-order valence-electron chi connectivity index (χ2n) is 4.17. The summed E-state index contributed by atoms with van der Waals surface area (Å²) in [7, 11) is 0. The van der Waals surface area contributed by atoms with Gasteiger partial charge in [0.2, 0.25) is 0 Å². The first-order valence-electron chi connectivity index (χ1n) is 5.70. The van der Waals surface area contributed by atoms with Crippen molar-refractivity contribution >= 4 is 28.4 Å². The van der Waals surface area contributed by atoms with Gasteiger partial charge in [0.25, 0.3) is 5.91 Å². The number of thioether (sulfide) groups is 1. The van der Waals surface area contributed by atoms with Crippen molar-refractivity contribution < 1.29 is 4.79 Å². The number of amides is 1. The molecule has 0 N–H and O–H groups in total. The number of benzene rings is 2. The fourth-order valence-electron chi connectivity index (χ4n) is 2.08. The molecular weight excluding hydrogens is 230 g/mol. The summed E-state index contributed by atoms with van der Waals surface area (Å²) < 4.78 is 0.